The van der Waals surface area contributed by atoms with Gasteiger partial charge in [-0.3, -0.25) is 14.3 Å². The van der Waals surface area contributed by atoms with Crippen LogP contribution in [0.5, 0.6) is 0 Å². The lowest BCUT2D eigenvalue weighted by Gasteiger charge is -2.05. The van der Waals surface area contributed by atoms with Crippen LogP contribution < -0.4 is 11.2 Å². The average Bonchev–Trinajstić information content (AvgIpc) is 2.36. The number of H-pyrrole nitrogens is 1. The van der Waals surface area contributed by atoms with Gasteiger partial charge in [0.2, 0.25) is 0 Å². The molecule has 0 spiro atoms. The first-order valence-corrected chi connectivity index (χ1v) is 5.32. The van der Waals surface area contributed by atoms with Gasteiger partial charge < -0.3 is 0 Å². The zero-order valence-corrected chi connectivity index (χ0v) is 9.81. The molecule has 0 amide bonds. The number of hydrogen-bond donors (Lipinski definition) is 1. The first-order valence-electron chi connectivity index (χ1n) is 4.94. The van der Waals surface area contributed by atoms with Crippen molar-refractivity contribution in [1.82, 2.24) is 14.5 Å². The fourth-order valence-electron chi connectivity index (χ4n) is 1.43. The third-order valence-electron chi connectivity index (χ3n) is 2.26. The number of rotatable bonds is 2. The summed E-state index contributed by atoms with van der Waals surface area (Å²) in [5, 5.41) is 8.65. The quantitative estimate of drug-likeness (QED) is 0.853. The monoisotopic (exact) mass is 262 g/mol. The Hall–Kier alpha value is -2.39. The van der Waals surface area contributed by atoms with Gasteiger partial charge in [0.1, 0.15) is 16.8 Å². The predicted molar refractivity (Wildman–Crippen MR) is 64.4 cm³/mol. The number of nitriles is 1. The maximum absolute atomic E-state index is 11.5. The average molecular weight is 263 g/mol. The van der Waals surface area contributed by atoms with Gasteiger partial charge in [0, 0.05) is 12.4 Å². The number of nitrogens with zero attached hydrogens (tertiary/aromatic N) is 3. The Labute approximate surface area is 106 Å². The Kier molecular flexibility index (Phi) is 3.26. The molecule has 2 aromatic rings. The SMILES string of the molecule is N#Cc1cc(Cn2cc(Cl)c(=O)[nH]c2=O)ccn1. The van der Waals surface area contributed by atoms with Crippen LogP contribution in [0.25, 0.3) is 0 Å². The van der Waals surface area contributed by atoms with Crippen LogP contribution in [-0.2, 0) is 6.54 Å². The maximum atomic E-state index is 11.5. The molecule has 0 atom stereocenters. The summed E-state index contributed by atoms with van der Waals surface area (Å²) in [4.78, 5) is 28.5. The third kappa shape index (κ3) is 2.47. The third-order valence-corrected chi connectivity index (χ3v) is 2.53. The summed E-state index contributed by atoms with van der Waals surface area (Å²) in [7, 11) is 0. The van der Waals surface area contributed by atoms with Crippen LogP contribution in [0, 0.1) is 11.3 Å². The van der Waals surface area contributed by atoms with E-state index >= 15 is 0 Å². The zero-order valence-electron chi connectivity index (χ0n) is 9.05. The number of halogens is 1. The van der Waals surface area contributed by atoms with Crippen molar-refractivity contribution in [3.8, 4) is 6.07 Å². The summed E-state index contributed by atoms with van der Waals surface area (Å²) in [5.74, 6) is 0. The number of aromatic nitrogens is 3. The van der Waals surface area contributed by atoms with E-state index in [9.17, 15) is 9.59 Å². The molecule has 7 heteroatoms. The summed E-state index contributed by atoms with van der Waals surface area (Å²) >= 11 is 5.64. The van der Waals surface area contributed by atoms with Crippen LogP contribution in [0.3, 0.4) is 0 Å². The van der Waals surface area contributed by atoms with Crippen molar-refractivity contribution in [2.24, 2.45) is 0 Å². The molecule has 0 aliphatic rings. The Morgan fingerprint density at radius 3 is 3.00 bits per heavy atom. The second-order valence-corrected chi connectivity index (χ2v) is 3.93. The van der Waals surface area contributed by atoms with Crippen LogP contribution in [-0.4, -0.2) is 14.5 Å². The van der Waals surface area contributed by atoms with Crippen LogP contribution in [0.15, 0.2) is 34.1 Å². The Morgan fingerprint density at radius 2 is 2.28 bits per heavy atom. The fraction of sp³-hybridized carbons (Fsp3) is 0.0909. The lowest BCUT2D eigenvalue weighted by atomic mass is 10.2. The molecular weight excluding hydrogens is 256 g/mol. The van der Waals surface area contributed by atoms with E-state index in [1.807, 2.05) is 6.07 Å². The molecule has 2 rings (SSSR count). The molecule has 2 heterocycles. The second kappa shape index (κ2) is 4.85. The minimum Gasteiger partial charge on any atom is -0.295 e. The minimum absolute atomic E-state index is 0.0656. The molecule has 0 saturated carbocycles. The van der Waals surface area contributed by atoms with Gasteiger partial charge in [-0.25, -0.2) is 9.78 Å². The molecule has 90 valence electrons. The van der Waals surface area contributed by atoms with E-state index in [1.165, 1.54) is 17.0 Å². The number of aromatic amines is 1. The van der Waals surface area contributed by atoms with Crippen LogP contribution in [0.4, 0.5) is 0 Å². The molecule has 0 unspecified atom stereocenters. The summed E-state index contributed by atoms with van der Waals surface area (Å²) < 4.78 is 1.25. The Balaban J connectivity index is 2.40. The summed E-state index contributed by atoms with van der Waals surface area (Å²) in [6, 6.07) is 5.14. The zero-order chi connectivity index (χ0) is 13.1. The Bertz CT molecular complexity index is 742. The van der Waals surface area contributed by atoms with E-state index in [0.29, 0.717) is 5.56 Å². The van der Waals surface area contributed by atoms with Gasteiger partial charge in [0.25, 0.3) is 5.56 Å². The maximum Gasteiger partial charge on any atom is 0.328 e. The largest absolute Gasteiger partial charge is 0.328 e. The number of hydrogen-bond acceptors (Lipinski definition) is 4. The van der Waals surface area contributed by atoms with Crippen molar-refractivity contribution in [3.63, 3.8) is 0 Å². The van der Waals surface area contributed by atoms with Crippen LogP contribution in [0.1, 0.15) is 11.3 Å². The minimum atomic E-state index is -0.620. The highest BCUT2D eigenvalue weighted by atomic mass is 35.5. The van der Waals surface area contributed by atoms with E-state index < -0.39 is 11.2 Å². The van der Waals surface area contributed by atoms with Gasteiger partial charge in [-0.2, -0.15) is 5.26 Å². The molecular formula is C11H7ClN4O2. The molecule has 1 N–H and O–H groups in total. The molecule has 0 fully saturated rings. The molecule has 18 heavy (non-hydrogen) atoms. The first kappa shape index (κ1) is 12.1. The summed E-state index contributed by atoms with van der Waals surface area (Å²) in [5.41, 5.74) is -0.201. The van der Waals surface area contributed by atoms with Gasteiger partial charge >= 0.3 is 5.69 Å². The molecule has 2 aromatic heterocycles. The lowest BCUT2D eigenvalue weighted by molar-refractivity contribution is 0.719. The van der Waals surface area contributed by atoms with E-state index in [4.69, 9.17) is 16.9 Å². The smallest absolute Gasteiger partial charge is 0.295 e. The first-order chi connectivity index (χ1) is 8.60. The highest BCUT2D eigenvalue weighted by Gasteiger charge is 2.04. The fourth-order valence-corrected chi connectivity index (χ4v) is 1.60. The Morgan fingerprint density at radius 1 is 1.50 bits per heavy atom. The summed E-state index contributed by atoms with van der Waals surface area (Å²) in [6.45, 7) is 0.201. The van der Waals surface area contributed by atoms with E-state index in [-0.39, 0.29) is 17.3 Å². The molecule has 0 bridgehead atoms. The summed E-state index contributed by atoms with van der Waals surface area (Å²) in [6.07, 6.45) is 2.74. The van der Waals surface area contributed by atoms with E-state index in [0.717, 1.165) is 0 Å². The lowest BCUT2D eigenvalue weighted by Crippen LogP contribution is -2.29. The van der Waals surface area contributed by atoms with Gasteiger partial charge in [-0.15, -0.1) is 0 Å². The predicted octanol–water partition coefficient (Wildman–Crippen LogP) is 0.505. The molecule has 0 aliphatic heterocycles. The van der Waals surface area contributed by atoms with Crippen LogP contribution in [0.2, 0.25) is 5.02 Å². The molecule has 0 saturated heterocycles. The van der Waals surface area contributed by atoms with Crippen molar-refractivity contribution in [1.29, 1.82) is 5.26 Å². The van der Waals surface area contributed by atoms with Crippen molar-refractivity contribution in [2.75, 3.05) is 0 Å². The molecule has 6 nitrogen and oxygen atoms in total. The number of pyridine rings is 1. The van der Waals surface area contributed by atoms with Crippen molar-refractivity contribution in [3.05, 3.63) is 61.6 Å². The highest BCUT2D eigenvalue weighted by Crippen LogP contribution is 2.04. The van der Waals surface area contributed by atoms with Gasteiger partial charge in [-0.05, 0) is 17.7 Å². The van der Waals surface area contributed by atoms with Gasteiger partial charge in [0.05, 0.1) is 6.54 Å². The molecule has 0 radical (unpaired) electrons. The van der Waals surface area contributed by atoms with Crippen LogP contribution >= 0.6 is 11.6 Å². The second-order valence-electron chi connectivity index (χ2n) is 3.53. The topological polar surface area (TPSA) is 91.5 Å². The normalized spacial score (nSPS) is 10.0. The van der Waals surface area contributed by atoms with Crippen molar-refractivity contribution in [2.45, 2.75) is 6.54 Å². The molecule has 0 aliphatic carbocycles. The van der Waals surface area contributed by atoms with Gasteiger partial charge in [0.15, 0.2) is 0 Å². The van der Waals surface area contributed by atoms with E-state index in [2.05, 4.69) is 9.97 Å². The number of nitrogens with one attached hydrogen (secondary N) is 1. The van der Waals surface area contributed by atoms with Crippen molar-refractivity contribution >= 4 is 11.6 Å². The van der Waals surface area contributed by atoms with Gasteiger partial charge in [-0.1, -0.05) is 11.6 Å². The highest BCUT2D eigenvalue weighted by molar-refractivity contribution is 6.30. The van der Waals surface area contributed by atoms with Crippen molar-refractivity contribution < 1.29 is 0 Å². The van der Waals surface area contributed by atoms with E-state index in [1.54, 1.807) is 12.1 Å². The molecule has 0 aromatic carbocycles. The standard InChI is InChI=1S/C11H7ClN4O2/c12-9-6-16(11(18)15-10(9)17)5-7-1-2-14-8(3-7)4-13/h1-3,6H,5H2,(H,15,17,18).